The van der Waals surface area contributed by atoms with Crippen molar-refractivity contribution in [1.82, 2.24) is 0 Å². The number of rotatable bonds is 3. The van der Waals surface area contributed by atoms with Gasteiger partial charge in [-0.1, -0.05) is 45.2 Å². The molecule has 2 rings (SSSR count). The summed E-state index contributed by atoms with van der Waals surface area (Å²) in [6.45, 7) is 4.04. The van der Waals surface area contributed by atoms with Gasteiger partial charge in [-0.3, -0.25) is 0 Å². The maximum atomic E-state index is 6.28. The Morgan fingerprint density at radius 1 is 1.05 bits per heavy atom. The van der Waals surface area contributed by atoms with Crippen molar-refractivity contribution < 1.29 is 0 Å². The van der Waals surface area contributed by atoms with Gasteiger partial charge in [0.05, 0.1) is 11.7 Å². The fourth-order valence-electron chi connectivity index (χ4n) is 1.92. The zero-order valence-corrected chi connectivity index (χ0v) is 15.7. The Hall–Kier alpha value is -0.220. The van der Waals surface area contributed by atoms with E-state index in [0.29, 0.717) is 0 Å². The van der Waals surface area contributed by atoms with Gasteiger partial charge in [-0.2, -0.15) is 0 Å². The Bertz CT molecular complexity index is 644. The minimum atomic E-state index is 0.0747. The van der Waals surface area contributed by atoms with Crippen molar-refractivity contribution in [3.05, 3.63) is 60.4 Å². The molecular weight excluding hydrogens is 425 g/mol. The number of halogens is 4. The van der Waals surface area contributed by atoms with E-state index in [9.17, 15) is 0 Å². The summed E-state index contributed by atoms with van der Waals surface area (Å²) in [5, 5.41) is 4.89. The molecule has 0 radical (unpaired) electrons. The van der Waals surface area contributed by atoms with Crippen molar-refractivity contribution in [3.8, 4) is 0 Å². The Labute approximate surface area is 145 Å². The molecule has 20 heavy (non-hydrogen) atoms. The maximum absolute atomic E-state index is 6.28. The standard InChI is InChI=1S/C15H13Br2Cl2N/c1-8-5-12(17)15(7-13(8)18)20-9(2)11-4-3-10(16)6-14(11)19/h3-7,9,20H,1-2H3. The molecule has 0 bridgehead atoms. The highest BCUT2D eigenvalue weighted by molar-refractivity contribution is 9.10. The Balaban J connectivity index is 2.27. The summed E-state index contributed by atoms with van der Waals surface area (Å²) in [7, 11) is 0. The molecule has 0 aliphatic carbocycles. The predicted molar refractivity (Wildman–Crippen MR) is 95.1 cm³/mol. The third-order valence-corrected chi connectivity index (χ3v) is 4.93. The molecule has 0 saturated carbocycles. The second-order valence-electron chi connectivity index (χ2n) is 4.61. The zero-order chi connectivity index (χ0) is 14.9. The zero-order valence-electron chi connectivity index (χ0n) is 11.0. The molecular formula is C15H13Br2Cl2N. The average Bonchev–Trinajstić information content (AvgIpc) is 2.35. The number of hydrogen-bond acceptors (Lipinski definition) is 1. The Kier molecular flexibility index (Phi) is 5.41. The van der Waals surface area contributed by atoms with Gasteiger partial charge in [0.1, 0.15) is 0 Å². The van der Waals surface area contributed by atoms with Crippen LogP contribution in [0.15, 0.2) is 39.3 Å². The van der Waals surface area contributed by atoms with Crippen LogP contribution in [0, 0.1) is 6.92 Å². The molecule has 2 aromatic carbocycles. The van der Waals surface area contributed by atoms with E-state index in [1.807, 2.05) is 37.3 Å². The molecule has 0 amide bonds. The maximum Gasteiger partial charge on any atom is 0.0504 e. The van der Waals surface area contributed by atoms with Crippen LogP contribution in [0.1, 0.15) is 24.1 Å². The minimum absolute atomic E-state index is 0.0747. The Morgan fingerprint density at radius 2 is 1.75 bits per heavy atom. The van der Waals surface area contributed by atoms with Crippen LogP contribution in [0.5, 0.6) is 0 Å². The van der Waals surface area contributed by atoms with E-state index in [-0.39, 0.29) is 6.04 Å². The molecule has 1 N–H and O–H groups in total. The molecule has 0 fully saturated rings. The molecule has 0 heterocycles. The van der Waals surface area contributed by atoms with E-state index in [1.165, 1.54) is 0 Å². The predicted octanol–water partition coefficient (Wildman–Crippen LogP) is 7.00. The Morgan fingerprint density at radius 3 is 2.40 bits per heavy atom. The van der Waals surface area contributed by atoms with Crippen LogP contribution in [0.4, 0.5) is 5.69 Å². The molecule has 1 unspecified atom stereocenters. The van der Waals surface area contributed by atoms with Crippen LogP contribution < -0.4 is 5.32 Å². The van der Waals surface area contributed by atoms with Gasteiger partial charge >= 0.3 is 0 Å². The second-order valence-corrected chi connectivity index (χ2v) is 7.20. The van der Waals surface area contributed by atoms with E-state index in [1.54, 1.807) is 0 Å². The van der Waals surface area contributed by atoms with Crippen LogP contribution in [-0.2, 0) is 0 Å². The van der Waals surface area contributed by atoms with Crippen LogP contribution in [0.3, 0.4) is 0 Å². The lowest BCUT2D eigenvalue weighted by atomic mass is 10.1. The van der Waals surface area contributed by atoms with Gasteiger partial charge in [0, 0.05) is 19.0 Å². The van der Waals surface area contributed by atoms with Gasteiger partial charge in [0.15, 0.2) is 0 Å². The quantitative estimate of drug-likeness (QED) is 0.545. The largest absolute Gasteiger partial charge is 0.378 e. The molecule has 1 atom stereocenters. The average molecular weight is 438 g/mol. The summed E-state index contributed by atoms with van der Waals surface area (Å²) in [6, 6.07) is 9.88. The number of anilines is 1. The molecule has 0 spiro atoms. The summed E-state index contributed by atoms with van der Waals surface area (Å²) in [5.41, 5.74) is 3.03. The summed E-state index contributed by atoms with van der Waals surface area (Å²) in [4.78, 5) is 0. The van der Waals surface area contributed by atoms with Crippen molar-refractivity contribution in [2.45, 2.75) is 19.9 Å². The van der Waals surface area contributed by atoms with Crippen LogP contribution >= 0.6 is 55.1 Å². The fraction of sp³-hybridized carbons (Fsp3) is 0.200. The van der Waals surface area contributed by atoms with Crippen molar-refractivity contribution >= 4 is 60.7 Å². The molecule has 106 valence electrons. The van der Waals surface area contributed by atoms with Crippen LogP contribution in [0.2, 0.25) is 10.0 Å². The topological polar surface area (TPSA) is 12.0 Å². The first-order chi connectivity index (χ1) is 9.38. The van der Waals surface area contributed by atoms with Crippen molar-refractivity contribution in [1.29, 1.82) is 0 Å². The van der Waals surface area contributed by atoms with E-state index in [2.05, 4.69) is 44.1 Å². The van der Waals surface area contributed by atoms with E-state index >= 15 is 0 Å². The molecule has 0 aliphatic heterocycles. The summed E-state index contributed by atoms with van der Waals surface area (Å²) in [6.07, 6.45) is 0. The monoisotopic (exact) mass is 435 g/mol. The highest BCUT2D eigenvalue weighted by atomic mass is 79.9. The number of benzene rings is 2. The van der Waals surface area contributed by atoms with Gasteiger partial charge in [0.25, 0.3) is 0 Å². The number of hydrogen-bond donors (Lipinski definition) is 1. The first-order valence-corrected chi connectivity index (χ1v) is 8.40. The first-order valence-electron chi connectivity index (χ1n) is 6.05. The SMILES string of the molecule is Cc1cc(Br)c(NC(C)c2ccc(Br)cc2Cl)cc1Cl. The number of aryl methyl sites for hydroxylation is 1. The molecule has 0 aliphatic rings. The highest BCUT2D eigenvalue weighted by Gasteiger charge is 2.12. The second kappa shape index (κ2) is 6.69. The molecule has 5 heteroatoms. The van der Waals surface area contributed by atoms with E-state index < -0.39 is 0 Å². The lowest BCUT2D eigenvalue weighted by Gasteiger charge is -2.19. The van der Waals surface area contributed by atoms with Crippen molar-refractivity contribution in [3.63, 3.8) is 0 Å². The van der Waals surface area contributed by atoms with Gasteiger partial charge in [-0.05, 0) is 65.2 Å². The van der Waals surface area contributed by atoms with Crippen LogP contribution in [0.25, 0.3) is 0 Å². The van der Waals surface area contributed by atoms with Crippen molar-refractivity contribution in [2.24, 2.45) is 0 Å². The van der Waals surface area contributed by atoms with Gasteiger partial charge in [-0.25, -0.2) is 0 Å². The molecule has 1 nitrogen and oxygen atoms in total. The van der Waals surface area contributed by atoms with Gasteiger partial charge in [0.2, 0.25) is 0 Å². The third kappa shape index (κ3) is 3.70. The molecule has 0 aromatic heterocycles. The lowest BCUT2D eigenvalue weighted by Crippen LogP contribution is -2.08. The highest BCUT2D eigenvalue weighted by Crippen LogP contribution is 2.33. The summed E-state index contributed by atoms with van der Waals surface area (Å²) < 4.78 is 1.96. The van der Waals surface area contributed by atoms with Crippen LogP contribution in [-0.4, -0.2) is 0 Å². The smallest absolute Gasteiger partial charge is 0.0504 e. The van der Waals surface area contributed by atoms with Crippen molar-refractivity contribution in [2.75, 3.05) is 5.32 Å². The minimum Gasteiger partial charge on any atom is -0.378 e. The summed E-state index contributed by atoms with van der Waals surface area (Å²) >= 11 is 19.4. The van der Waals surface area contributed by atoms with E-state index in [0.717, 1.165) is 35.8 Å². The molecule has 0 saturated heterocycles. The van der Waals surface area contributed by atoms with Gasteiger partial charge < -0.3 is 5.32 Å². The first kappa shape index (κ1) is 16.2. The normalized spacial score (nSPS) is 12.3. The summed E-state index contributed by atoms with van der Waals surface area (Å²) in [5.74, 6) is 0. The lowest BCUT2D eigenvalue weighted by molar-refractivity contribution is 0.883. The fourth-order valence-corrected chi connectivity index (χ4v) is 3.49. The van der Waals surface area contributed by atoms with E-state index in [4.69, 9.17) is 23.2 Å². The molecule has 2 aromatic rings. The number of nitrogens with one attached hydrogen (secondary N) is 1. The third-order valence-electron chi connectivity index (χ3n) is 3.05. The van der Waals surface area contributed by atoms with Gasteiger partial charge in [-0.15, -0.1) is 0 Å².